The summed E-state index contributed by atoms with van der Waals surface area (Å²) in [6, 6.07) is 12.0. The maximum Gasteiger partial charge on any atom is 0.492 e. The number of rotatable bonds is 7. The Labute approximate surface area is 185 Å². The van der Waals surface area contributed by atoms with Gasteiger partial charge in [0, 0.05) is 24.5 Å². The molecule has 14 heteroatoms. The number of sulfonamides is 1. The van der Waals surface area contributed by atoms with Crippen LogP contribution in [0.5, 0.6) is 0 Å². The van der Waals surface area contributed by atoms with E-state index in [1.54, 1.807) is 0 Å². The second-order valence-electron chi connectivity index (χ2n) is 6.36. The van der Waals surface area contributed by atoms with Crippen molar-refractivity contribution >= 4 is 39.0 Å². The summed E-state index contributed by atoms with van der Waals surface area (Å²) in [6.07, 6.45) is -4.14. The molecule has 174 valence electrons. The summed E-state index contributed by atoms with van der Waals surface area (Å²) < 4.78 is 74.9. The van der Waals surface area contributed by atoms with Crippen LogP contribution in [0.4, 0.5) is 40.6 Å². The highest BCUT2D eigenvalue weighted by atomic mass is 32.2. The van der Waals surface area contributed by atoms with Crippen molar-refractivity contribution in [2.24, 2.45) is 0 Å². The number of carbonyl (C=O) groups excluding carboxylic acids is 1. The van der Waals surface area contributed by atoms with Gasteiger partial charge in [0.25, 0.3) is 10.0 Å². The minimum atomic E-state index is -5.36. The molecule has 0 fully saturated rings. The molecule has 2 aromatic carbocycles. The minimum Gasteiger partial charge on any atom is -0.345 e. The van der Waals surface area contributed by atoms with Gasteiger partial charge in [-0.2, -0.15) is 13.2 Å². The van der Waals surface area contributed by atoms with Crippen LogP contribution in [0.15, 0.2) is 65.8 Å². The van der Waals surface area contributed by atoms with Gasteiger partial charge >= 0.3 is 12.1 Å². The molecule has 1 heterocycles. The van der Waals surface area contributed by atoms with Crippen LogP contribution in [-0.4, -0.2) is 42.0 Å². The van der Waals surface area contributed by atoms with Crippen LogP contribution < -0.4 is 10.6 Å². The normalized spacial score (nSPS) is 11.8. The van der Waals surface area contributed by atoms with E-state index in [0.29, 0.717) is 18.6 Å². The molecule has 0 atom stereocenters. The summed E-state index contributed by atoms with van der Waals surface area (Å²) in [5, 5.41) is 5.77. The number of nitrogens with one attached hydrogen (secondary N) is 2. The van der Waals surface area contributed by atoms with Gasteiger partial charge in [0.1, 0.15) is 23.8 Å². The first kappa shape index (κ1) is 23.9. The van der Waals surface area contributed by atoms with E-state index in [-0.39, 0.29) is 16.0 Å². The van der Waals surface area contributed by atoms with Crippen LogP contribution in [-0.2, 0) is 19.7 Å². The molecule has 0 radical (unpaired) electrons. The van der Waals surface area contributed by atoms with Crippen molar-refractivity contribution in [1.29, 1.82) is 0 Å². The lowest BCUT2D eigenvalue weighted by atomic mass is 10.3. The highest BCUT2D eigenvalue weighted by Gasteiger charge is 2.43. The Morgan fingerprint density at radius 3 is 2.18 bits per heavy atom. The predicted octanol–water partition coefficient (Wildman–Crippen LogP) is 3.74. The number of halogens is 4. The van der Waals surface area contributed by atoms with Gasteiger partial charge in [-0.1, -0.05) is 6.07 Å². The molecule has 1 aromatic heterocycles. The monoisotopic (exact) mass is 485 g/mol. The molecular weight excluding hydrogens is 470 g/mol. The summed E-state index contributed by atoms with van der Waals surface area (Å²) in [6.45, 7) is 0. The Kier molecular flexibility index (Phi) is 6.78. The average molecular weight is 485 g/mol. The molecule has 0 aliphatic rings. The largest absolute Gasteiger partial charge is 0.492 e. The van der Waals surface area contributed by atoms with E-state index in [1.165, 1.54) is 48.8 Å². The van der Waals surface area contributed by atoms with Crippen molar-refractivity contribution in [2.45, 2.75) is 11.1 Å². The van der Waals surface area contributed by atoms with E-state index < -0.39 is 32.9 Å². The quantitative estimate of drug-likeness (QED) is 0.384. The van der Waals surface area contributed by atoms with Crippen molar-refractivity contribution < 1.29 is 35.6 Å². The Hall–Kier alpha value is -3.78. The third-order valence-corrected chi connectivity index (χ3v) is 5.57. The molecule has 3 rings (SSSR count). The van der Waals surface area contributed by atoms with Gasteiger partial charge in [-0.05, 0) is 46.9 Å². The summed E-state index contributed by atoms with van der Waals surface area (Å²) in [5.74, 6) is -2.48. The van der Waals surface area contributed by atoms with Gasteiger partial charge in [-0.15, -0.1) is 0 Å². The van der Waals surface area contributed by atoms with E-state index in [1.807, 2.05) is 0 Å². The summed E-state index contributed by atoms with van der Waals surface area (Å²) in [5.41, 5.74) is 0.781. The molecule has 33 heavy (non-hydrogen) atoms. The smallest absolute Gasteiger partial charge is 0.345 e. The number of hydrogen-bond acceptors (Lipinski definition) is 8. The number of hydroxylamine groups is 1. The zero-order valence-electron chi connectivity index (χ0n) is 16.7. The molecule has 0 saturated heterocycles. The number of aromatic nitrogens is 2. The highest BCUT2D eigenvalue weighted by molar-refractivity contribution is 7.89. The average Bonchev–Trinajstić information content (AvgIpc) is 2.75. The summed E-state index contributed by atoms with van der Waals surface area (Å²) in [4.78, 5) is 22.4. The van der Waals surface area contributed by atoms with Crippen LogP contribution in [0, 0.1) is 5.82 Å². The molecule has 9 nitrogen and oxygen atoms in total. The number of carbonyl (C=O) groups is 1. The van der Waals surface area contributed by atoms with E-state index in [0.717, 1.165) is 12.1 Å². The summed E-state index contributed by atoms with van der Waals surface area (Å²) in [7, 11) is -3.92. The fraction of sp³-hybridized carbons (Fsp3) is 0.105. The molecule has 0 unspecified atom stereocenters. The van der Waals surface area contributed by atoms with Crippen molar-refractivity contribution in [3.8, 4) is 0 Å². The maximum absolute atomic E-state index is 13.0. The molecule has 3 aromatic rings. The number of benzene rings is 2. The first-order valence-electron chi connectivity index (χ1n) is 8.95. The van der Waals surface area contributed by atoms with E-state index in [9.17, 15) is 30.8 Å². The molecule has 2 N–H and O–H groups in total. The van der Waals surface area contributed by atoms with Crippen molar-refractivity contribution in [3.05, 3.63) is 66.7 Å². The molecule has 0 aliphatic carbocycles. The predicted molar refractivity (Wildman–Crippen MR) is 109 cm³/mol. The third-order valence-electron chi connectivity index (χ3n) is 3.97. The second-order valence-corrected chi connectivity index (χ2v) is 8.30. The van der Waals surface area contributed by atoms with Crippen molar-refractivity contribution in [2.75, 3.05) is 17.7 Å². The molecule has 0 amide bonds. The molecule has 0 bridgehead atoms. The van der Waals surface area contributed by atoms with Crippen LogP contribution >= 0.6 is 0 Å². The van der Waals surface area contributed by atoms with Crippen LogP contribution in [0.3, 0.4) is 0 Å². The van der Waals surface area contributed by atoms with E-state index in [2.05, 4.69) is 25.4 Å². The second kappa shape index (κ2) is 9.38. The molecule has 0 spiro atoms. The van der Waals surface area contributed by atoms with Gasteiger partial charge in [-0.25, -0.2) is 27.6 Å². The fourth-order valence-electron chi connectivity index (χ4n) is 2.42. The van der Waals surface area contributed by atoms with Crippen LogP contribution in [0.1, 0.15) is 0 Å². The lowest BCUT2D eigenvalue weighted by molar-refractivity contribution is -0.219. The van der Waals surface area contributed by atoms with Crippen LogP contribution in [0.25, 0.3) is 0 Å². The first-order valence-corrected chi connectivity index (χ1v) is 10.4. The summed E-state index contributed by atoms with van der Waals surface area (Å²) >= 11 is 0. The molecule has 0 aliphatic heterocycles. The fourth-order valence-corrected chi connectivity index (χ4v) is 3.41. The van der Waals surface area contributed by atoms with Gasteiger partial charge in [0.2, 0.25) is 0 Å². The number of nitrogens with zero attached hydrogens (tertiary/aromatic N) is 3. The Morgan fingerprint density at radius 2 is 1.58 bits per heavy atom. The zero-order valence-corrected chi connectivity index (χ0v) is 17.5. The third kappa shape index (κ3) is 6.14. The topological polar surface area (TPSA) is 114 Å². The lowest BCUT2D eigenvalue weighted by Crippen LogP contribution is -2.36. The maximum atomic E-state index is 13.0. The molecule has 0 saturated carbocycles. The minimum absolute atomic E-state index is 0.169. The lowest BCUT2D eigenvalue weighted by Gasteiger charge is -2.17. The van der Waals surface area contributed by atoms with Gasteiger partial charge in [-0.3, -0.25) is 0 Å². The number of hydrogen-bond donors (Lipinski definition) is 2. The molecular formula is C19H15F4N5O4S. The van der Waals surface area contributed by atoms with Gasteiger partial charge in [0.15, 0.2) is 0 Å². The number of alkyl halides is 3. The SMILES string of the molecule is CN(OC(=O)C(F)(F)F)S(=O)(=O)c1cccc(Nc2cc(Nc3ccc(F)cc3)ncn2)c1. The van der Waals surface area contributed by atoms with Gasteiger partial charge in [0.05, 0.1) is 4.90 Å². The standard InChI is InChI=1S/C19H15F4N5O4S/c1-28(32-18(29)19(21,22)23)33(30,31)15-4-2-3-14(9-15)27-17-10-16(24-11-25-17)26-13-7-5-12(20)6-8-13/h2-11H,1H3,(H2,24,25,26,27). The van der Waals surface area contributed by atoms with Crippen molar-refractivity contribution in [3.63, 3.8) is 0 Å². The van der Waals surface area contributed by atoms with Crippen molar-refractivity contribution in [1.82, 2.24) is 14.4 Å². The number of anilines is 4. The van der Waals surface area contributed by atoms with Crippen LogP contribution in [0.2, 0.25) is 0 Å². The zero-order chi connectivity index (χ0) is 24.2. The van der Waals surface area contributed by atoms with E-state index in [4.69, 9.17) is 0 Å². The Balaban J connectivity index is 1.76. The first-order chi connectivity index (χ1) is 15.4. The Morgan fingerprint density at radius 1 is 0.970 bits per heavy atom. The highest BCUT2D eigenvalue weighted by Crippen LogP contribution is 2.24. The Bertz CT molecular complexity index is 1250. The van der Waals surface area contributed by atoms with E-state index >= 15 is 0 Å². The van der Waals surface area contributed by atoms with Gasteiger partial charge < -0.3 is 15.5 Å².